The highest BCUT2D eigenvalue weighted by atomic mass is 79.9. The molecular formula is C9H11BrN2O3. The molecular weight excluding hydrogens is 264 g/mol. The van der Waals surface area contributed by atoms with Crippen molar-refractivity contribution < 1.29 is 15.0 Å². The van der Waals surface area contributed by atoms with E-state index < -0.39 is 12.0 Å². The molecule has 15 heavy (non-hydrogen) atoms. The van der Waals surface area contributed by atoms with Crippen LogP contribution in [0.1, 0.15) is 22.0 Å². The third-order valence-corrected chi connectivity index (χ3v) is 2.60. The molecule has 0 amide bonds. The molecule has 0 aliphatic heterocycles. The van der Waals surface area contributed by atoms with Crippen molar-refractivity contribution in [3.05, 3.63) is 27.7 Å². The molecule has 0 saturated carbocycles. The number of carboxylic acids is 1. The highest BCUT2D eigenvalue weighted by Gasteiger charge is 2.16. The number of aromatic hydroxyl groups is 1. The van der Waals surface area contributed by atoms with Crippen LogP contribution < -0.4 is 11.5 Å². The molecule has 0 unspecified atom stereocenters. The molecule has 1 atom stereocenters. The first-order valence-electron chi connectivity index (χ1n) is 4.18. The van der Waals surface area contributed by atoms with Gasteiger partial charge in [0.05, 0.1) is 10.0 Å². The highest BCUT2D eigenvalue weighted by molar-refractivity contribution is 9.10. The van der Waals surface area contributed by atoms with Gasteiger partial charge >= 0.3 is 5.97 Å². The third kappa shape index (κ3) is 2.47. The molecule has 0 heterocycles. The van der Waals surface area contributed by atoms with E-state index in [4.69, 9.17) is 16.6 Å². The van der Waals surface area contributed by atoms with Crippen LogP contribution in [0.3, 0.4) is 0 Å². The first kappa shape index (κ1) is 12.0. The molecule has 0 spiro atoms. The molecule has 82 valence electrons. The normalized spacial score (nSPS) is 12.5. The monoisotopic (exact) mass is 274 g/mol. The highest BCUT2D eigenvalue weighted by Crippen LogP contribution is 2.32. The number of rotatable bonds is 3. The van der Waals surface area contributed by atoms with Crippen molar-refractivity contribution in [2.45, 2.75) is 6.04 Å². The van der Waals surface area contributed by atoms with Crippen LogP contribution in [0.5, 0.6) is 5.75 Å². The maximum absolute atomic E-state index is 10.8. The average molecular weight is 275 g/mol. The number of nitrogens with two attached hydrogens (primary N) is 2. The van der Waals surface area contributed by atoms with Gasteiger partial charge in [-0.05, 0) is 28.1 Å². The quantitative estimate of drug-likeness (QED) is 0.652. The molecule has 0 aromatic heterocycles. The van der Waals surface area contributed by atoms with Crippen LogP contribution in [0.2, 0.25) is 0 Å². The molecule has 1 aromatic carbocycles. The van der Waals surface area contributed by atoms with E-state index in [0.29, 0.717) is 10.0 Å². The van der Waals surface area contributed by atoms with Crippen molar-refractivity contribution >= 4 is 21.9 Å². The summed E-state index contributed by atoms with van der Waals surface area (Å²) in [6.07, 6.45) is 0. The van der Waals surface area contributed by atoms with E-state index >= 15 is 0 Å². The van der Waals surface area contributed by atoms with Gasteiger partial charge in [0.25, 0.3) is 0 Å². The van der Waals surface area contributed by atoms with E-state index in [0.717, 1.165) is 0 Å². The fourth-order valence-corrected chi connectivity index (χ4v) is 1.63. The Balaban J connectivity index is 3.31. The van der Waals surface area contributed by atoms with Crippen molar-refractivity contribution in [1.82, 2.24) is 0 Å². The van der Waals surface area contributed by atoms with Gasteiger partial charge in [-0.2, -0.15) is 0 Å². The van der Waals surface area contributed by atoms with Crippen LogP contribution in [0.15, 0.2) is 16.6 Å². The van der Waals surface area contributed by atoms with Crippen LogP contribution in [0.25, 0.3) is 0 Å². The number of carboxylic acid groups (broad SMARTS) is 1. The number of phenols is 1. The van der Waals surface area contributed by atoms with Crippen LogP contribution in [-0.2, 0) is 0 Å². The summed E-state index contributed by atoms with van der Waals surface area (Å²) in [5.41, 5.74) is 11.4. The lowest BCUT2D eigenvalue weighted by Crippen LogP contribution is -2.21. The molecule has 0 fully saturated rings. The zero-order valence-corrected chi connectivity index (χ0v) is 9.36. The second kappa shape index (κ2) is 4.61. The summed E-state index contributed by atoms with van der Waals surface area (Å²) in [6, 6.07) is 2.05. The smallest absolute Gasteiger partial charge is 0.335 e. The fraction of sp³-hybridized carbons (Fsp3) is 0.222. The summed E-state index contributed by atoms with van der Waals surface area (Å²) in [4.78, 5) is 10.8. The van der Waals surface area contributed by atoms with Gasteiger partial charge in [-0.1, -0.05) is 0 Å². The summed E-state index contributed by atoms with van der Waals surface area (Å²) in [5, 5.41) is 18.4. The Morgan fingerprint density at radius 2 is 2.13 bits per heavy atom. The van der Waals surface area contributed by atoms with Crippen molar-refractivity contribution in [2.24, 2.45) is 11.5 Å². The van der Waals surface area contributed by atoms with Gasteiger partial charge in [0, 0.05) is 18.2 Å². The number of hydrogen-bond acceptors (Lipinski definition) is 4. The van der Waals surface area contributed by atoms with E-state index in [9.17, 15) is 9.90 Å². The minimum absolute atomic E-state index is 0.0542. The zero-order valence-electron chi connectivity index (χ0n) is 7.77. The summed E-state index contributed by atoms with van der Waals surface area (Å²) >= 11 is 3.05. The van der Waals surface area contributed by atoms with E-state index in [-0.39, 0.29) is 17.9 Å². The number of carbonyl (C=O) groups is 1. The number of hydrogen-bond donors (Lipinski definition) is 4. The van der Waals surface area contributed by atoms with E-state index in [1.807, 2.05) is 0 Å². The molecule has 0 aliphatic rings. The molecule has 1 aromatic rings. The van der Waals surface area contributed by atoms with E-state index in [1.54, 1.807) is 0 Å². The Labute approximate surface area is 94.8 Å². The Kier molecular flexibility index (Phi) is 3.67. The lowest BCUT2D eigenvalue weighted by Gasteiger charge is -2.13. The van der Waals surface area contributed by atoms with Crippen LogP contribution in [0, 0.1) is 0 Å². The number of halogens is 1. The first-order chi connectivity index (χ1) is 6.97. The van der Waals surface area contributed by atoms with Gasteiger partial charge in [-0.3, -0.25) is 0 Å². The van der Waals surface area contributed by atoms with Crippen molar-refractivity contribution in [3.8, 4) is 5.75 Å². The Morgan fingerprint density at radius 1 is 1.53 bits per heavy atom. The largest absolute Gasteiger partial charge is 0.506 e. The molecule has 6 N–H and O–H groups in total. The number of benzene rings is 1. The fourth-order valence-electron chi connectivity index (χ4n) is 1.15. The average Bonchev–Trinajstić information content (AvgIpc) is 2.20. The summed E-state index contributed by atoms with van der Waals surface area (Å²) in [6.45, 7) is 0.128. The predicted molar refractivity (Wildman–Crippen MR) is 58.7 cm³/mol. The Morgan fingerprint density at radius 3 is 2.60 bits per heavy atom. The van der Waals surface area contributed by atoms with Gasteiger partial charge in [-0.15, -0.1) is 0 Å². The first-order valence-corrected chi connectivity index (χ1v) is 4.98. The molecule has 6 heteroatoms. The maximum Gasteiger partial charge on any atom is 0.335 e. The second-order valence-corrected chi connectivity index (χ2v) is 3.90. The van der Waals surface area contributed by atoms with Gasteiger partial charge in [0.15, 0.2) is 0 Å². The minimum Gasteiger partial charge on any atom is -0.506 e. The lowest BCUT2D eigenvalue weighted by molar-refractivity contribution is 0.0696. The molecule has 0 radical (unpaired) electrons. The predicted octanol–water partition coefficient (Wildman–Crippen LogP) is 0.811. The maximum atomic E-state index is 10.8. The molecule has 0 bridgehead atoms. The van der Waals surface area contributed by atoms with E-state index in [2.05, 4.69) is 15.9 Å². The van der Waals surface area contributed by atoms with Crippen molar-refractivity contribution in [1.29, 1.82) is 0 Å². The van der Waals surface area contributed by atoms with Crippen molar-refractivity contribution in [3.63, 3.8) is 0 Å². The van der Waals surface area contributed by atoms with Gasteiger partial charge < -0.3 is 21.7 Å². The van der Waals surface area contributed by atoms with Gasteiger partial charge in [-0.25, -0.2) is 4.79 Å². The van der Waals surface area contributed by atoms with Crippen LogP contribution in [-0.4, -0.2) is 22.7 Å². The van der Waals surface area contributed by atoms with Crippen LogP contribution >= 0.6 is 15.9 Å². The SMILES string of the molecule is NC[C@H](N)c1cc(C(=O)O)cc(Br)c1O. The second-order valence-electron chi connectivity index (χ2n) is 3.04. The Bertz CT molecular complexity index is 395. The van der Waals surface area contributed by atoms with Gasteiger partial charge in [0.1, 0.15) is 5.75 Å². The topological polar surface area (TPSA) is 110 Å². The molecule has 1 rings (SSSR count). The molecule has 5 nitrogen and oxygen atoms in total. The number of aromatic carboxylic acids is 1. The van der Waals surface area contributed by atoms with E-state index in [1.165, 1.54) is 12.1 Å². The lowest BCUT2D eigenvalue weighted by atomic mass is 10.0. The minimum atomic E-state index is -1.08. The zero-order chi connectivity index (χ0) is 11.6. The standard InChI is InChI=1S/C9H11BrN2O3/c10-6-2-4(9(14)15)1-5(8(6)13)7(12)3-11/h1-2,7,13H,3,11-12H2,(H,14,15)/t7-/m0/s1. The molecule has 0 saturated heterocycles. The Hall–Kier alpha value is -1.11. The summed E-state index contributed by atoms with van der Waals surface area (Å²) < 4.78 is 0.293. The third-order valence-electron chi connectivity index (χ3n) is 1.99. The summed E-state index contributed by atoms with van der Waals surface area (Å²) in [7, 11) is 0. The molecule has 0 aliphatic carbocycles. The summed E-state index contributed by atoms with van der Waals surface area (Å²) in [5.74, 6) is -1.15. The van der Waals surface area contributed by atoms with Crippen LogP contribution in [0.4, 0.5) is 0 Å². The van der Waals surface area contributed by atoms with Crippen molar-refractivity contribution in [2.75, 3.05) is 6.54 Å². The van der Waals surface area contributed by atoms with Gasteiger partial charge in [0.2, 0.25) is 0 Å². The number of phenolic OH excluding ortho intramolecular Hbond substituents is 1.